The number of benzene rings is 1. The van der Waals surface area contributed by atoms with Crippen LogP contribution >= 0.6 is 0 Å². The molecule has 5 nitrogen and oxygen atoms in total. The monoisotopic (exact) mass is 335 g/mol. The molecular weight excluding hydrogens is 318 g/mol. The fourth-order valence-electron chi connectivity index (χ4n) is 3.36. The molecule has 0 unspecified atom stereocenters. The van der Waals surface area contributed by atoms with E-state index in [0.29, 0.717) is 17.3 Å². The number of ether oxygens (including phenoxy) is 2. The Hall–Kier alpha value is -2.95. The van der Waals surface area contributed by atoms with Crippen molar-refractivity contribution in [1.29, 1.82) is 0 Å². The molecule has 0 aromatic heterocycles. The van der Waals surface area contributed by atoms with Crippen molar-refractivity contribution in [3.8, 4) is 5.75 Å². The molecule has 25 heavy (non-hydrogen) atoms. The number of aliphatic imine (C=N–C) groups is 1. The highest BCUT2D eigenvalue weighted by Crippen LogP contribution is 2.38. The van der Waals surface area contributed by atoms with E-state index < -0.39 is 5.97 Å². The van der Waals surface area contributed by atoms with E-state index in [9.17, 15) is 9.59 Å². The Labute approximate surface area is 145 Å². The summed E-state index contributed by atoms with van der Waals surface area (Å²) < 4.78 is 10.5. The van der Waals surface area contributed by atoms with Crippen molar-refractivity contribution in [3.05, 3.63) is 58.8 Å². The third-order valence-electron chi connectivity index (χ3n) is 4.48. The number of hydrogen-bond donors (Lipinski definition) is 0. The molecule has 0 fully saturated rings. The molecule has 126 valence electrons. The van der Waals surface area contributed by atoms with E-state index in [1.165, 1.54) is 6.92 Å². The number of cyclic esters (lactones) is 1. The van der Waals surface area contributed by atoms with Crippen molar-refractivity contribution in [2.75, 3.05) is 0 Å². The first-order chi connectivity index (χ1) is 12.1. The number of carbonyl (C=O) groups excluding carboxylic acids is 2. The number of rotatable bonds is 2. The third-order valence-corrected chi connectivity index (χ3v) is 4.48. The van der Waals surface area contributed by atoms with E-state index >= 15 is 0 Å². The maximum absolute atomic E-state index is 12.3. The van der Waals surface area contributed by atoms with Crippen LogP contribution in [0.3, 0.4) is 0 Å². The van der Waals surface area contributed by atoms with Gasteiger partial charge in [-0.15, -0.1) is 0 Å². The zero-order valence-electron chi connectivity index (χ0n) is 13.9. The molecule has 1 aromatic rings. The van der Waals surface area contributed by atoms with Gasteiger partial charge >= 0.3 is 11.9 Å². The number of esters is 2. The largest absolute Gasteiger partial charge is 0.427 e. The van der Waals surface area contributed by atoms with Crippen LogP contribution < -0.4 is 4.74 Å². The van der Waals surface area contributed by atoms with Gasteiger partial charge in [0.2, 0.25) is 5.90 Å². The van der Waals surface area contributed by atoms with Crippen LogP contribution in [0.25, 0.3) is 5.57 Å². The number of fused-ring (bicyclic) bond motifs is 1. The molecule has 0 atom stereocenters. The SMILES string of the molecule is CC(=O)Oc1ccc2c(c1)CC/C2=C1/N=C(C2=CC=CCC2)OC1=O. The molecule has 0 spiro atoms. The molecule has 0 N–H and O–H groups in total. The lowest BCUT2D eigenvalue weighted by atomic mass is 10.0. The van der Waals surface area contributed by atoms with Crippen LogP contribution in [0.4, 0.5) is 0 Å². The molecule has 1 heterocycles. The van der Waals surface area contributed by atoms with Gasteiger partial charge < -0.3 is 9.47 Å². The standard InChI is InChI=1S/C20H17NO4/c1-12(22)24-15-8-10-16-14(11-15)7-9-17(16)18-20(23)25-19(21-18)13-5-3-2-4-6-13/h2-3,5,8,10-11H,4,6-7,9H2,1H3/b18-17-. The fourth-order valence-corrected chi connectivity index (χ4v) is 3.36. The van der Waals surface area contributed by atoms with Crippen LogP contribution in [0.5, 0.6) is 5.75 Å². The average Bonchev–Trinajstić information content (AvgIpc) is 3.18. The summed E-state index contributed by atoms with van der Waals surface area (Å²) in [6.45, 7) is 1.38. The maximum atomic E-state index is 12.3. The molecule has 1 aliphatic heterocycles. The summed E-state index contributed by atoms with van der Waals surface area (Å²) in [5, 5.41) is 0. The van der Waals surface area contributed by atoms with Gasteiger partial charge in [-0.1, -0.05) is 24.3 Å². The summed E-state index contributed by atoms with van der Waals surface area (Å²) >= 11 is 0. The molecule has 2 aliphatic carbocycles. The first kappa shape index (κ1) is 15.6. The van der Waals surface area contributed by atoms with Gasteiger partial charge in [0, 0.05) is 12.5 Å². The van der Waals surface area contributed by atoms with Crippen LogP contribution in [0, 0.1) is 0 Å². The number of allylic oxidation sites excluding steroid dienone is 4. The quantitative estimate of drug-likeness (QED) is 0.471. The maximum Gasteiger partial charge on any atom is 0.364 e. The van der Waals surface area contributed by atoms with Gasteiger partial charge in [0.1, 0.15) is 5.75 Å². The minimum absolute atomic E-state index is 0.347. The summed E-state index contributed by atoms with van der Waals surface area (Å²) in [6, 6.07) is 5.47. The minimum atomic E-state index is -0.391. The Morgan fingerprint density at radius 2 is 2.12 bits per heavy atom. The van der Waals surface area contributed by atoms with Crippen LogP contribution in [-0.4, -0.2) is 17.8 Å². The van der Waals surface area contributed by atoms with Gasteiger partial charge in [-0.3, -0.25) is 4.79 Å². The van der Waals surface area contributed by atoms with Gasteiger partial charge in [0.15, 0.2) is 5.70 Å². The lowest BCUT2D eigenvalue weighted by molar-refractivity contribution is -0.132. The minimum Gasteiger partial charge on any atom is -0.427 e. The molecule has 3 aliphatic rings. The molecule has 1 aromatic carbocycles. The summed E-state index contributed by atoms with van der Waals surface area (Å²) in [5.74, 6) is 0.203. The van der Waals surface area contributed by atoms with E-state index in [4.69, 9.17) is 9.47 Å². The predicted molar refractivity (Wildman–Crippen MR) is 93.0 cm³/mol. The first-order valence-corrected chi connectivity index (χ1v) is 8.33. The van der Waals surface area contributed by atoms with Crippen LogP contribution in [0.15, 0.2) is 52.7 Å². The van der Waals surface area contributed by atoms with Gasteiger partial charge in [0.25, 0.3) is 0 Å². The van der Waals surface area contributed by atoms with Crippen molar-refractivity contribution in [1.82, 2.24) is 0 Å². The van der Waals surface area contributed by atoms with Crippen molar-refractivity contribution < 1.29 is 19.1 Å². The number of carbonyl (C=O) groups is 2. The van der Waals surface area contributed by atoms with Crippen molar-refractivity contribution >= 4 is 23.4 Å². The van der Waals surface area contributed by atoms with E-state index in [0.717, 1.165) is 48.0 Å². The molecule has 0 saturated carbocycles. The summed E-state index contributed by atoms with van der Waals surface area (Å²) in [7, 11) is 0. The molecule has 0 radical (unpaired) electrons. The Morgan fingerprint density at radius 3 is 2.88 bits per heavy atom. The average molecular weight is 335 g/mol. The van der Waals surface area contributed by atoms with Crippen LogP contribution in [0.2, 0.25) is 0 Å². The van der Waals surface area contributed by atoms with E-state index in [1.807, 2.05) is 24.3 Å². The highest BCUT2D eigenvalue weighted by atomic mass is 16.6. The van der Waals surface area contributed by atoms with Gasteiger partial charge in [-0.2, -0.15) is 0 Å². The van der Waals surface area contributed by atoms with Gasteiger partial charge in [0.05, 0.1) is 0 Å². The zero-order valence-corrected chi connectivity index (χ0v) is 13.9. The van der Waals surface area contributed by atoms with Crippen molar-refractivity contribution in [3.63, 3.8) is 0 Å². The molecule has 0 amide bonds. The smallest absolute Gasteiger partial charge is 0.364 e. The Kier molecular flexibility index (Phi) is 3.84. The molecule has 5 heteroatoms. The highest BCUT2D eigenvalue weighted by molar-refractivity contribution is 6.14. The molecular formula is C20H17NO4. The number of nitrogens with zero attached hydrogens (tertiary/aromatic N) is 1. The molecule has 0 saturated heterocycles. The van der Waals surface area contributed by atoms with Gasteiger partial charge in [-0.25, -0.2) is 9.79 Å². The predicted octanol–water partition coefficient (Wildman–Crippen LogP) is 3.50. The second-order valence-corrected chi connectivity index (χ2v) is 6.20. The second kappa shape index (κ2) is 6.16. The van der Waals surface area contributed by atoms with Crippen molar-refractivity contribution in [2.45, 2.75) is 32.6 Å². The topological polar surface area (TPSA) is 65.0 Å². The summed E-state index contributed by atoms with van der Waals surface area (Å²) in [5.41, 5.74) is 4.28. The van der Waals surface area contributed by atoms with Crippen LogP contribution in [-0.2, 0) is 20.7 Å². The van der Waals surface area contributed by atoms with Gasteiger partial charge in [-0.05, 0) is 54.5 Å². The lowest BCUT2D eigenvalue weighted by Gasteiger charge is -2.06. The summed E-state index contributed by atoms with van der Waals surface area (Å²) in [6.07, 6.45) is 9.24. The second-order valence-electron chi connectivity index (χ2n) is 6.20. The Bertz CT molecular complexity index is 902. The molecule has 4 rings (SSSR count). The normalized spacial score (nSPS) is 21.6. The molecule has 0 bridgehead atoms. The highest BCUT2D eigenvalue weighted by Gasteiger charge is 2.31. The first-order valence-electron chi connectivity index (χ1n) is 8.33. The lowest BCUT2D eigenvalue weighted by Crippen LogP contribution is -2.08. The Morgan fingerprint density at radius 1 is 1.24 bits per heavy atom. The Balaban J connectivity index is 1.70. The summed E-state index contributed by atoms with van der Waals surface area (Å²) in [4.78, 5) is 27.9. The van der Waals surface area contributed by atoms with E-state index in [1.54, 1.807) is 6.07 Å². The number of hydrogen-bond acceptors (Lipinski definition) is 5. The zero-order chi connectivity index (χ0) is 17.4. The third kappa shape index (κ3) is 2.93. The number of aryl methyl sites for hydroxylation is 1. The van der Waals surface area contributed by atoms with E-state index in [2.05, 4.69) is 11.1 Å². The fraction of sp³-hybridized carbons (Fsp3) is 0.250. The van der Waals surface area contributed by atoms with Crippen LogP contribution in [0.1, 0.15) is 37.3 Å². The van der Waals surface area contributed by atoms with E-state index in [-0.39, 0.29) is 5.97 Å². The van der Waals surface area contributed by atoms with Crippen molar-refractivity contribution in [2.24, 2.45) is 4.99 Å².